The number of hydrogen-bond acceptors (Lipinski definition) is 1. The summed E-state index contributed by atoms with van der Waals surface area (Å²) in [6.45, 7) is 7.74. The van der Waals surface area contributed by atoms with Gasteiger partial charge in [-0.15, -0.1) is 0 Å². The Morgan fingerprint density at radius 1 is 1.14 bits per heavy atom. The second-order valence-electron chi connectivity index (χ2n) is 4.40. The summed E-state index contributed by atoms with van der Waals surface area (Å²) in [6.07, 6.45) is 2.12. The van der Waals surface area contributed by atoms with Gasteiger partial charge in [-0.3, -0.25) is 0 Å². The fourth-order valence-electron chi connectivity index (χ4n) is 1.32. The fourth-order valence-corrected chi connectivity index (χ4v) is 1.32. The molecule has 1 N–H and O–H groups in total. The van der Waals surface area contributed by atoms with Crippen LogP contribution in [0.15, 0.2) is 29.8 Å². The van der Waals surface area contributed by atoms with E-state index in [9.17, 15) is 5.11 Å². The van der Waals surface area contributed by atoms with Crippen LogP contribution in [0.25, 0.3) is 6.08 Å². The van der Waals surface area contributed by atoms with E-state index in [2.05, 4.69) is 19.9 Å². The topological polar surface area (TPSA) is 20.2 Å². The summed E-state index contributed by atoms with van der Waals surface area (Å²) in [6, 6.07) is 7.99. The molecule has 0 spiro atoms. The Bertz CT molecular complexity index is 321. The van der Waals surface area contributed by atoms with Crippen LogP contribution >= 0.6 is 0 Å². The largest absolute Gasteiger partial charge is 0.386 e. The third-order valence-electron chi connectivity index (χ3n) is 2.07. The molecule has 0 aliphatic heterocycles. The summed E-state index contributed by atoms with van der Waals surface area (Å²) in [4.78, 5) is 0. The van der Waals surface area contributed by atoms with E-state index in [1.165, 1.54) is 11.1 Å². The first kappa shape index (κ1) is 11.0. The lowest BCUT2D eigenvalue weighted by molar-refractivity contribution is 0.0786. The van der Waals surface area contributed by atoms with Crippen LogP contribution in [0.5, 0.6) is 0 Å². The molecule has 0 aromatic heterocycles. The number of hydrogen-bond donors (Lipinski definition) is 1. The fraction of sp³-hybridized carbons (Fsp3) is 0.385. The molecule has 0 aliphatic rings. The molecule has 0 saturated carbocycles. The number of aliphatic hydroxyl groups is 1. The molecule has 0 radical (unpaired) electrons. The van der Waals surface area contributed by atoms with Gasteiger partial charge in [0.1, 0.15) is 0 Å². The SMILES string of the molecule is CC(C)=Cc1ccc(C(C)(C)O)cc1. The Hall–Kier alpha value is -1.08. The van der Waals surface area contributed by atoms with Crippen molar-refractivity contribution in [3.05, 3.63) is 41.0 Å². The lowest BCUT2D eigenvalue weighted by Crippen LogP contribution is -2.14. The van der Waals surface area contributed by atoms with Gasteiger partial charge in [-0.1, -0.05) is 35.9 Å². The van der Waals surface area contributed by atoms with E-state index in [1.54, 1.807) is 13.8 Å². The average Bonchev–Trinajstić information content (AvgIpc) is 2.02. The summed E-state index contributed by atoms with van der Waals surface area (Å²) < 4.78 is 0. The average molecular weight is 190 g/mol. The first-order chi connectivity index (χ1) is 6.39. The maximum absolute atomic E-state index is 9.75. The van der Waals surface area contributed by atoms with Crippen molar-refractivity contribution in [3.8, 4) is 0 Å². The molecular weight excluding hydrogens is 172 g/mol. The molecule has 1 nitrogen and oxygen atoms in total. The molecular formula is C13H18O. The van der Waals surface area contributed by atoms with Crippen molar-refractivity contribution in [3.63, 3.8) is 0 Å². The summed E-state index contributed by atoms with van der Waals surface area (Å²) >= 11 is 0. The predicted molar refractivity (Wildman–Crippen MR) is 61.0 cm³/mol. The zero-order valence-electron chi connectivity index (χ0n) is 9.33. The van der Waals surface area contributed by atoms with Crippen LogP contribution in [0.2, 0.25) is 0 Å². The molecule has 0 fully saturated rings. The van der Waals surface area contributed by atoms with Crippen LogP contribution in [0.1, 0.15) is 38.8 Å². The van der Waals surface area contributed by atoms with E-state index in [-0.39, 0.29) is 0 Å². The summed E-state index contributed by atoms with van der Waals surface area (Å²) in [5.74, 6) is 0. The van der Waals surface area contributed by atoms with Gasteiger partial charge in [0, 0.05) is 0 Å². The van der Waals surface area contributed by atoms with Crippen LogP contribution in [0.4, 0.5) is 0 Å². The highest BCUT2D eigenvalue weighted by Crippen LogP contribution is 2.20. The third-order valence-corrected chi connectivity index (χ3v) is 2.07. The zero-order valence-corrected chi connectivity index (χ0v) is 9.33. The van der Waals surface area contributed by atoms with Gasteiger partial charge in [-0.25, -0.2) is 0 Å². The lowest BCUT2D eigenvalue weighted by atomic mass is 9.97. The Labute approximate surface area is 86.1 Å². The molecule has 1 heteroatoms. The lowest BCUT2D eigenvalue weighted by Gasteiger charge is -2.17. The van der Waals surface area contributed by atoms with E-state index in [0.717, 1.165) is 5.56 Å². The highest BCUT2D eigenvalue weighted by atomic mass is 16.3. The van der Waals surface area contributed by atoms with Crippen molar-refractivity contribution in [1.82, 2.24) is 0 Å². The Morgan fingerprint density at radius 3 is 2.00 bits per heavy atom. The molecule has 0 heterocycles. The second-order valence-corrected chi connectivity index (χ2v) is 4.40. The molecule has 14 heavy (non-hydrogen) atoms. The summed E-state index contributed by atoms with van der Waals surface area (Å²) in [5, 5.41) is 9.75. The van der Waals surface area contributed by atoms with Crippen molar-refractivity contribution in [1.29, 1.82) is 0 Å². The van der Waals surface area contributed by atoms with Gasteiger partial charge < -0.3 is 5.11 Å². The highest BCUT2D eigenvalue weighted by Gasteiger charge is 2.14. The smallest absolute Gasteiger partial charge is 0.0840 e. The molecule has 0 bridgehead atoms. The molecule has 1 aromatic rings. The molecule has 0 unspecified atom stereocenters. The van der Waals surface area contributed by atoms with E-state index < -0.39 is 5.60 Å². The van der Waals surface area contributed by atoms with Crippen LogP contribution in [0.3, 0.4) is 0 Å². The monoisotopic (exact) mass is 190 g/mol. The van der Waals surface area contributed by atoms with Crippen LogP contribution < -0.4 is 0 Å². The summed E-state index contributed by atoms with van der Waals surface area (Å²) in [7, 11) is 0. The first-order valence-corrected chi connectivity index (χ1v) is 4.87. The van der Waals surface area contributed by atoms with Gasteiger partial charge >= 0.3 is 0 Å². The molecule has 0 atom stereocenters. The van der Waals surface area contributed by atoms with Crippen LogP contribution in [-0.2, 0) is 5.60 Å². The van der Waals surface area contributed by atoms with Crippen molar-refractivity contribution < 1.29 is 5.11 Å². The standard InChI is InChI=1S/C13H18O/c1-10(2)9-11-5-7-12(8-6-11)13(3,4)14/h5-9,14H,1-4H3. The minimum Gasteiger partial charge on any atom is -0.386 e. The van der Waals surface area contributed by atoms with Gasteiger partial charge in [-0.05, 0) is 38.8 Å². The van der Waals surface area contributed by atoms with Gasteiger partial charge in [0.25, 0.3) is 0 Å². The van der Waals surface area contributed by atoms with E-state index in [4.69, 9.17) is 0 Å². The van der Waals surface area contributed by atoms with Crippen LogP contribution in [0, 0.1) is 0 Å². The van der Waals surface area contributed by atoms with E-state index >= 15 is 0 Å². The maximum atomic E-state index is 9.75. The number of rotatable bonds is 2. The van der Waals surface area contributed by atoms with Crippen molar-refractivity contribution in [2.75, 3.05) is 0 Å². The minimum atomic E-state index is -0.747. The van der Waals surface area contributed by atoms with Gasteiger partial charge in [0.05, 0.1) is 5.60 Å². The molecule has 0 saturated heterocycles. The number of allylic oxidation sites excluding steroid dienone is 1. The first-order valence-electron chi connectivity index (χ1n) is 4.87. The zero-order chi connectivity index (χ0) is 10.8. The van der Waals surface area contributed by atoms with E-state index in [0.29, 0.717) is 0 Å². The van der Waals surface area contributed by atoms with Gasteiger partial charge in [-0.2, -0.15) is 0 Å². The Morgan fingerprint density at radius 2 is 1.64 bits per heavy atom. The third kappa shape index (κ3) is 3.00. The maximum Gasteiger partial charge on any atom is 0.0840 e. The van der Waals surface area contributed by atoms with Crippen molar-refractivity contribution in [2.45, 2.75) is 33.3 Å². The molecule has 0 aliphatic carbocycles. The van der Waals surface area contributed by atoms with E-state index in [1.807, 2.05) is 24.3 Å². The van der Waals surface area contributed by atoms with Gasteiger partial charge in [0.15, 0.2) is 0 Å². The number of benzene rings is 1. The minimum absolute atomic E-state index is 0.747. The Kier molecular flexibility index (Phi) is 3.12. The summed E-state index contributed by atoms with van der Waals surface area (Å²) in [5.41, 5.74) is 2.66. The van der Waals surface area contributed by atoms with Crippen molar-refractivity contribution >= 4 is 6.08 Å². The highest BCUT2D eigenvalue weighted by molar-refractivity contribution is 5.52. The van der Waals surface area contributed by atoms with Crippen molar-refractivity contribution in [2.24, 2.45) is 0 Å². The quantitative estimate of drug-likeness (QED) is 0.758. The Balaban J connectivity index is 2.95. The molecule has 76 valence electrons. The predicted octanol–water partition coefficient (Wildman–Crippen LogP) is 3.34. The second kappa shape index (κ2) is 3.97. The van der Waals surface area contributed by atoms with Gasteiger partial charge in [0.2, 0.25) is 0 Å². The van der Waals surface area contributed by atoms with Crippen LogP contribution in [-0.4, -0.2) is 5.11 Å². The molecule has 1 rings (SSSR count). The molecule has 1 aromatic carbocycles. The normalized spacial score (nSPS) is 11.2. The molecule has 0 amide bonds.